The number of carbonyl (C=O) groups is 2. The van der Waals surface area contributed by atoms with Crippen LogP contribution in [0.4, 0.5) is 4.79 Å². The lowest BCUT2D eigenvalue weighted by Crippen LogP contribution is -2.59. The second-order valence-electron chi connectivity index (χ2n) is 4.24. The predicted octanol–water partition coefficient (Wildman–Crippen LogP) is -0.0587. The fourth-order valence-corrected chi connectivity index (χ4v) is 1.72. The van der Waals surface area contributed by atoms with Gasteiger partial charge in [-0.1, -0.05) is 0 Å². The molecule has 0 aromatic heterocycles. The molecule has 0 aromatic carbocycles. The molecule has 17 heavy (non-hydrogen) atoms. The Labute approximate surface area is 102 Å². The zero-order valence-electron chi connectivity index (χ0n) is 10.7. The van der Waals surface area contributed by atoms with Crippen LogP contribution in [0.1, 0.15) is 20.8 Å². The van der Waals surface area contributed by atoms with Crippen molar-refractivity contribution in [3.8, 4) is 0 Å². The number of carbonyl (C=O) groups excluding carboxylic acids is 2. The lowest BCUT2D eigenvalue weighted by molar-refractivity contribution is -0.126. The summed E-state index contributed by atoms with van der Waals surface area (Å²) in [6, 6.07) is -0.477. The van der Waals surface area contributed by atoms with E-state index >= 15 is 0 Å². The molecule has 1 heterocycles. The first-order chi connectivity index (χ1) is 8.06. The highest BCUT2D eigenvalue weighted by Crippen LogP contribution is 2.07. The van der Waals surface area contributed by atoms with Gasteiger partial charge in [-0.25, -0.2) is 4.79 Å². The minimum absolute atomic E-state index is 0.139. The van der Waals surface area contributed by atoms with Crippen molar-refractivity contribution >= 4 is 12.0 Å². The normalized spacial score (nSPS) is 20.2. The van der Waals surface area contributed by atoms with Crippen LogP contribution >= 0.6 is 0 Å². The summed E-state index contributed by atoms with van der Waals surface area (Å²) in [5.74, 6) is -0.139. The molecule has 0 saturated carbocycles. The second kappa shape index (κ2) is 6.44. The van der Waals surface area contributed by atoms with Gasteiger partial charge in [0.2, 0.25) is 5.91 Å². The van der Waals surface area contributed by atoms with Crippen molar-refractivity contribution in [2.75, 3.05) is 26.2 Å². The summed E-state index contributed by atoms with van der Waals surface area (Å²) in [7, 11) is 0. The number of nitrogens with zero attached hydrogens (tertiary/aromatic N) is 1. The zero-order valence-corrected chi connectivity index (χ0v) is 10.7. The van der Waals surface area contributed by atoms with E-state index in [-0.39, 0.29) is 12.0 Å². The third kappa shape index (κ3) is 3.89. The molecular formula is C11H21N3O3. The Kier molecular flexibility index (Phi) is 5.21. The van der Waals surface area contributed by atoms with Crippen LogP contribution in [0.5, 0.6) is 0 Å². The predicted molar refractivity (Wildman–Crippen MR) is 63.7 cm³/mol. The van der Waals surface area contributed by atoms with E-state index in [1.807, 2.05) is 6.92 Å². The largest absolute Gasteiger partial charge is 0.447 e. The number of hydrogen-bond donors (Lipinski definition) is 2. The van der Waals surface area contributed by atoms with E-state index in [9.17, 15) is 9.59 Å². The highest BCUT2D eigenvalue weighted by Gasteiger charge is 2.32. The van der Waals surface area contributed by atoms with Gasteiger partial charge in [-0.05, 0) is 20.8 Å². The Bertz CT molecular complexity index is 281. The molecule has 2 N–H and O–H groups in total. The van der Waals surface area contributed by atoms with Crippen molar-refractivity contribution in [1.82, 2.24) is 15.5 Å². The lowest BCUT2D eigenvalue weighted by Gasteiger charge is -2.34. The Hall–Kier alpha value is -1.30. The third-order valence-corrected chi connectivity index (χ3v) is 2.47. The molecule has 0 aliphatic carbocycles. The summed E-state index contributed by atoms with van der Waals surface area (Å²) in [6.45, 7) is 7.64. The number of ether oxygens (including phenoxy) is 1. The smallest absolute Gasteiger partial charge is 0.410 e. The molecule has 1 saturated heterocycles. The van der Waals surface area contributed by atoms with Gasteiger partial charge in [0.1, 0.15) is 6.04 Å². The topological polar surface area (TPSA) is 70.7 Å². The monoisotopic (exact) mass is 243 g/mol. The van der Waals surface area contributed by atoms with Crippen LogP contribution in [-0.4, -0.2) is 55.2 Å². The summed E-state index contributed by atoms with van der Waals surface area (Å²) < 4.78 is 5.13. The van der Waals surface area contributed by atoms with E-state index in [1.165, 1.54) is 4.90 Å². The molecule has 1 rings (SSSR count). The fraction of sp³-hybridized carbons (Fsp3) is 0.818. The van der Waals surface area contributed by atoms with Crippen molar-refractivity contribution < 1.29 is 14.3 Å². The molecule has 1 atom stereocenters. The average Bonchev–Trinajstić information content (AvgIpc) is 2.28. The van der Waals surface area contributed by atoms with Gasteiger partial charge in [0.15, 0.2) is 0 Å². The molecule has 0 bridgehead atoms. The van der Waals surface area contributed by atoms with Gasteiger partial charge in [0, 0.05) is 26.2 Å². The standard InChI is InChI=1S/C11H21N3O3/c1-4-13-10(15)9-7-12-5-6-14(9)11(16)17-8(2)3/h8-9,12H,4-7H2,1-3H3,(H,13,15). The molecule has 0 spiro atoms. The molecule has 1 aliphatic heterocycles. The Morgan fingerprint density at radius 1 is 1.53 bits per heavy atom. The number of amides is 2. The van der Waals surface area contributed by atoms with E-state index < -0.39 is 12.1 Å². The van der Waals surface area contributed by atoms with E-state index in [4.69, 9.17) is 4.74 Å². The van der Waals surface area contributed by atoms with E-state index in [2.05, 4.69) is 10.6 Å². The molecule has 6 heteroatoms. The Morgan fingerprint density at radius 3 is 2.82 bits per heavy atom. The maximum atomic E-state index is 11.8. The van der Waals surface area contributed by atoms with Crippen LogP contribution < -0.4 is 10.6 Å². The second-order valence-corrected chi connectivity index (χ2v) is 4.24. The van der Waals surface area contributed by atoms with Gasteiger partial charge in [-0.3, -0.25) is 9.69 Å². The van der Waals surface area contributed by atoms with Crippen LogP contribution in [0, 0.1) is 0 Å². The van der Waals surface area contributed by atoms with Gasteiger partial charge < -0.3 is 15.4 Å². The lowest BCUT2D eigenvalue weighted by atomic mass is 10.2. The maximum Gasteiger partial charge on any atom is 0.410 e. The molecule has 1 fully saturated rings. The molecule has 98 valence electrons. The van der Waals surface area contributed by atoms with Crippen LogP contribution in [-0.2, 0) is 9.53 Å². The summed E-state index contributed by atoms with van der Waals surface area (Å²) in [5.41, 5.74) is 0. The zero-order chi connectivity index (χ0) is 12.8. The van der Waals surface area contributed by atoms with Gasteiger partial charge >= 0.3 is 6.09 Å². The summed E-state index contributed by atoms with van der Waals surface area (Å²) in [6.07, 6.45) is -0.593. The Balaban J connectivity index is 2.65. The highest BCUT2D eigenvalue weighted by molar-refractivity contribution is 5.86. The summed E-state index contributed by atoms with van der Waals surface area (Å²) in [4.78, 5) is 25.1. The SMILES string of the molecule is CCNC(=O)C1CNCCN1C(=O)OC(C)C. The third-order valence-electron chi connectivity index (χ3n) is 2.47. The van der Waals surface area contributed by atoms with Crippen LogP contribution in [0.3, 0.4) is 0 Å². The highest BCUT2D eigenvalue weighted by atomic mass is 16.6. The molecule has 1 aliphatic rings. The number of nitrogens with one attached hydrogen (secondary N) is 2. The average molecular weight is 243 g/mol. The van der Waals surface area contributed by atoms with Crippen molar-refractivity contribution in [3.63, 3.8) is 0 Å². The van der Waals surface area contributed by atoms with Crippen molar-refractivity contribution in [1.29, 1.82) is 0 Å². The molecule has 1 unspecified atom stereocenters. The van der Waals surface area contributed by atoms with E-state index in [0.717, 1.165) is 0 Å². The van der Waals surface area contributed by atoms with Gasteiger partial charge in [0.25, 0.3) is 0 Å². The number of rotatable bonds is 3. The van der Waals surface area contributed by atoms with Crippen LogP contribution in [0.15, 0.2) is 0 Å². The molecule has 0 aromatic rings. The van der Waals surface area contributed by atoms with Crippen molar-refractivity contribution in [3.05, 3.63) is 0 Å². The van der Waals surface area contributed by atoms with E-state index in [1.54, 1.807) is 13.8 Å². The first kappa shape index (κ1) is 13.8. The van der Waals surface area contributed by atoms with Crippen molar-refractivity contribution in [2.45, 2.75) is 32.9 Å². The number of likely N-dealkylation sites (N-methyl/N-ethyl adjacent to an activating group) is 1. The molecule has 6 nitrogen and oxygen atoms in total. The molecular weight excluding hydrogens is 222 g/mol. The number of piperazine rings is 1. The van der Waals surface area contributed by atoms with Crippen LogP contribution in [0.25, 0.3) is 0 Å². The van der Waals surface area contributed by atoms with Gasteiger partial charge in [0.05, 0.1) is 6.10 Å². The first-order valence-corrected chi connectivity index (χ1v) is 6.02. The quantitative estimate of drug-likeness (QED) is 0.728. The fourth-order valence-electron chi connectivity index (χ4n) is 1.72. The summed E-state index contributed by atoms with van der Waals surface area (Å²) >= 11 is 0. The van der Waals surface area contributed by atoms with Crippen molar-refractivity contribution in [2.24, 2.45) is 0 Å². The van der Waals surface area contributed by atoms with Gasteiger partial charge in [-0.15, -0.1) is 0 Å². The molecule has 2 amide bonds. The first-order valence-electron chi connectivity index (χ1n) is 6.02. The van der Waals surface area contributed by atoms with Crippen LogP contribution in [0.2, 0.25) is 0 Å². The minimum Gasteiger partial charge on any atom is -0.447 e. The van der Waals surface area contributed by atoms with Gasteiger partial charge in [-0.2, -0.15) is 0 Å². The minimum atomic E-state index is -0.477. The molecule has 0 radical (unpaired) electrons. The Morgan fingerprint density at radius 2 is 2.24 bits per heavy atom. The van der Waals surface area contributed by atoms with E-state index in [0.29, 0.717) is 26.2 Å². The maximum absolute atomic E-state index is 11.8. The number of hydrogen-bond acceptors (Lipinski definition) is 4. The summed E-state index contributed by atoms with van der Waals surface area (Å²) in [5, 5.41) is 5.83.